The Labute approximate surface area is 120 Å². The van der Waals surface area contributed by atoms with Crippen LogP contribution in [-0.2, 0) is 4.79 Å². The van der Waals surface area contributed by atoms with Gasteiger partial charge in [-0.3, -0.25) is 9.59 Å². The van der Waals surface area contributed by atoms with Crippen LogP contribution in [-0.4, -0.2) is 34.5 Å². The van der Waals surface area contributed by atoms with Crippen molar-refractivity contribution < 1.29 is 19.1 Å². The molecule has 1 heterocycles. The number of amides is 1. The molecule has 0 fully saturated rings. The third-order valence-corrected chi connectivity index (χ3v) is 3.06. The maximum absolute atomic E-state index is 12.4. The molecule has 0 saturated carbocycles. The molecule has 0 bridgehead atoms. The summed E-state index contributed by atoms with van der Waals surface area (Å²) in [6.45, 7) is 2.90. The van der Waals surface area contributed by atoms with E-state index in [4.69, 9.17) is 9.52 Å². The van der Waals surface area contributed by atoms with Crippen molar-refractivity contribution >= 4 is 22.8 Å². The Bertz CT molecular complexity index is 747. The standard InChI is InChI=1S/C15H15NO5/c1-9(2)16(8-13(17)18)14(19)11-7-10-5-3-4-6-12(10)21-15(11)20/h3-7,9H,8H2,1-2H3,(H,17,18). The molecule has 21 heavy (non-hydrogen) atoms. The highest BCUT2D eigenvalue weighted by atomic mass is 16.4. The predicted octanol–water partition coefficient (Wildman–Crippen LogP) is 1.73. The second kappa shape index (κ2) is 5.78. The molecule has 0 aliphatic rings. The molecule has 0 aliphatic heterocycles. The monoisotopic (exact) mass is 289 g/mol. The van der Waals surface area contributed by atoms with Gasteiger partial charge >= 0.3 is 11.6 Å². The number of aliphatic carboxylic acids is 1. The second-order valence-corrected chi connectivity index (χ2v) is 4.91. The molecule has 0 aliphatic carbocycles. The average molecular weight is 289 g/mol. The molecule has 0 atom stereocenters. The van der Waals surface area contributed by atoms with Crippen molar-refractivity contribution in [2.24, 2.45) is 0 Å². The number of hydrogen-bond acceptors (Lipinski definition) is 4. The quantitative estimate of drug-likeness (QED) is 0.866. The van der Waals surface area contributed by atoms with Gasteiger partial charge in [-0.15, -0.1) is 0 Å². The molecule has 1 aromatic carbocycles. The number of carboxylic acid groups (broad SMARTS) is 1. The fraction of sp³-hybridized carbons (Fsp3) is 0.267. The maximum Gasteiger partial charge on any atom is 0.349 e. The number of hydrogen-bond donors (Lipinski definition) is 1. The van der Waals surface area contributed by atoms with Crippen LogP contribution in [0.1, 0.15) is 24.2 Å². The topological polar surface area (TPSA) is 87.8 Å². The van der Waals surface area contributed by atoms with Gasteiger partial charge in [0, 0.05) is 11.4 Å². The fourth-order valence-electron chi connectivity index (χ4n) is 2.00. The zero-order valence-corrected chi connectivity index (χ0v) is 11.7. The molecule has 2 aromatic rings. The molecule has 0 saturated heterocycles. The van der Waals surface area contributed by atoms with Crippen molar-refractivity contribution in [1.82, 2.24) is 4.90 Å². The fourth-order valence-corrected chi connectivity index (χ4v) is 2.00. The Kier molecular flexibility index (Phi) is 4.07. The Morgan fingerprint density at radius 1 is 1.29 bits per heavy atom. The van der Waals surface area contributed by atoms with Crippen molar-refractivity contribution in [3.8, 4) is 0 Å². The van der Waals surface area contributed by atoms with Gasteiger partial charge in [-0.05, 0) is 26.0 Å². The van der Waals surface area contributed by atoms with Crippen molar-refractivity contribution in [3.63, 3.8) is 0 Å². The van der Waals surface area contributed by atoms with Gasteiger partial charge < -0.3 is 14.4 Å². The third-order valence-electron chi connectivity index (χ3n) is 3.06. The predicted molar refractivity (Wildman–Crippen MR) is 76.3 cm³/mol. The molecule has 0 unspecified atom stereocenters. The zero-order valence-electron chi connectivity index (χ0n) is 11.7. The molecular formula is C15H15NO5. The first-order chi connectivity index (χ1) is 9.90. The molecule has 1 amide bonds. The number of benzene rings is 1. The van der Waals surface area contributed by atoms with Crippen LogP contribution < -0.4 is 5.63 Å². The summed E-state index contributed by atoms with van der Waals surface area (Å²) in [5.74, 6) is -1.78. The van der Waals surface area contributed by atoms with Crippen molar-refractivity contribution in [1.29, 1.82) is 0 Å². The second-order valence-electron chi connectivity index (χ2n) is 4.91. The first-order valence-electron chi connectivity index (χ1n) is 6.46. The molecular weight excluding hydrogens is 274 g/mol. The first-order valence-corrected chi connectivity index (χ1v) is 6.46. The van der Waals surface area contributed by atoms with E-state index in [-0.39, 0.29) is 11.6 Å². The van der Waals surface area contributed by atoms with E-state index in [9.17, 15) is 14.4 Å². The van der Waals surface area contributed by atoms with Crippen LogP contribution in [0, 0.1) is 0 Å². The smallest absolute Gasteiger partial charge is 0.349 e. The van der Waals surface area contributed by atoms with E-state index in [1.807, 2.05) is 0 Å². The summed E-state index contributed by atoms with van der Waals surface area (Å²) >= 11 is 0. The van der Waals surface area contributed by atoms with E-state index in [2.05, 4.69) is 0 Å². The number of fused-ring (bicyclic) bond motifs is 1. The lowest BCUT2D eigenvalue weighted by molar-refractivity contribution is -0.138. The highest BCUT2D eigenvalue weighted by molar-refractivity contribution is 5.98. The largest absolute Gasteiger partial charge is 0.480 e. The van der Waals surface area contributed by atoms with E-state index >= 15 is 0 Å². The summed E-state index contributed by atoms with van der Waals surface area (Å²) < 4.78 is 5.10. The van der Waals surface area contributed by atoms with Crippen molar-refractivity contribution in [3.05, 3.63) is 46.3 Å². The zero-order chi connectivity index (χ0) is 15.6. The van der Waals surface area contributed by atoms with E-state index < -0.39 is 24.0 Å². The van der Waals surface area contributed by atoms with Crippen LogP contribution >= 0.6 is 0 Å². The lowest BCUT2D eigenvalue weighted by Crippen LogP contribution is -2.42. The van der Waals surface area contributed by atoms with Gasteiger partial charge in [-0.2, -0.15) is 0 Å². The number of para-hydroxylation sites is 1. The number of carboxylic acids is 1. The van der Waals surface area contributed by atoms with Gasteiger partial charge in [-0.25, -0.2) is 4.79 Å². The van der Waals surface area contributed by atoms with Gasteiger partial charge in [0.15, 0.2) is 0 Å². The van der Waals surface area contributed by atoms with E-state index in [0.29, 0.717) is 11.0 Å². The van der Waals surface area contributed by atoms with E-state index in [0.717, 1.165) is 4.90 Å². The highest BCUT2D eigenvalue weighted by Crippen LogP contribution is 2.14. The number of nitrogens with zero attached hydrogens (tertiary/aromatic N) is 1. The molecule has 0 radical (unpaired) electrons. The Morgan fingerprint density at radius 3 is 2.57 bits per heavy atom. The van der Waals surface area contributed by atoms with E-state index in [1.165, 1.54) is 6.07 Å². The number of rotatable bonds is 4. The van der Waals surface area contributed by atoms with Crippen LogP contribution in [0.15, 0.2) is 39.5 Å². The molecule has 0 spiro atoms. The first kappa shape index (κ1) is 14.8. The molecule has 1 N–H and O–H groups in total. The lowest BCUT2D eigenvalue weighted by atomic mass is 10.1. The number of carbonyl (C=O) groups is 2. The minimum absolute atomic E-state index is 0.163. The normalized spacial score (nSPS) is 10.8. The van der Waals surface area contributed by atoms with Crippen LogP contribution in [0.3, 0.4) is 0 Å². The third kappa shape index (κ3) is 3.10. The van der Waals surface area contributed by atoms with E-state index in [1.54, 1.807) is 38.1 Å². The molecule has 6 nitrogen and oxygen atoms in total. The lowest BCUT2D eigenvalue weighted by Gasteiger charge is -2.24. The molecule has 1 aromatic heterocycles. The summed E-state index contributed by atoms with van der Waals surface area (Å²) in [5.41, 5.74) is -0.549. The van der Waals surface area contributed by atoms with Crippen molar-refractivity contribution in [2.75, 3.05) is 6.54 Å². The highest BCUT2D eigenvalue weighted by Gasteiger charge is 2.24. The number of carbonyl (C=O) groups excluding carboxylic acids is 1. The molecule has 110 valence electrons. The SMILES string of the molecule is CC(C)N(CC(=O)O)C(=O)c1cc2ccccc2oc1=O. The van der Waals surface area contributed by atoms with Crippen molar-refractivity contribution in [2.45, 2.75) is 19.9 Å². The minimum Gasteiger partial charge on any atom is -0.480 e. The van der Waals surface area contributed by atoms with Gasteiger partial charge in [0.1, 0.15) is 17.7 Å². The van der Waals surface area contributed by atoms with Gasteiger partial charge in [0.2, 0.25) is 0 Å². The minimum atomic E-state index is -1.14. The van der Waals surface area contributed by atoms with Gasteiger partial charge in [-0.1, -0.05) is 18.2 Å². The Morgan fingerprint density at radius 2 is 1.95 bits per heavy atom. The summed E-state index contributed by atoms with van der Waals surface area (Å²) in [6.07, 6.45) is 0. The summed E-state index contributed by atoms with van der Waals surface area (Å²) in [7, 11) is 0. The van der Waals surface area contributed by atoms with Crippen LogP contribution in [0.4, 0.5) is 0 Å². The van der Waals surface area contributed by atoms with Gasteiger partial charge in [0.05, 0.1) is 0 Å². The van der Waals surface area contributed by atoms with Crippen LogP contribution in [0.25, 0.3) is 11.0 Å². The summed E-state index contributed by atoms with van der Waals surface area (Å²) in [4.78, 5) is 36.3. The van der Waals surface area contributed by atoms with Crippen LogP contribution in [0.2, 0.25) is 0 Å². The van der Waals surface area contributed by atoms with Gasteiger partial charge in [0.25, 0.3) is 5.91 Å². The molecule has 2 rings (SSSR count). The average Bonchev–Trinajstić information content (AvgIpc) is 2.42. The molecule has 6 heteroatoms. The Balaban J connectivity index is 2.48. The summed E-state index contributed by atoms with van der Waals surface area (Å²) in [5, 5.41) is 9.48. The summed E-state index contributed by atoms with van der Waals surface area (Å²) in [6, 6.07) is 7.90. The maximum atomic E-state index is 12.4. The Hall–Kier alpha value is -2.63. The van der Waals surface area contributed by atoms with Crippen LogP contribution in [0.5, 0.6) is 0 Å².